The van der Waals surface area contributed by atoms with Gasteiger partial charge in [0.05, 0.1) is 18.3 Å². The molecule has 0 spiro atoms. The Bertz CT molecular complexity index is 908. The number of nitrogens with two attached hydrogens (primary N) is 1. The summed E-state index contributed by atoms with van der Waals surface area (Å²) in [6, 6.07) is 8.06. The van der Waals surface area contributed by atoms with Crippen LogP contribution in [0, 0.1) is 11.7 Å². The number of carbonyl (C=O) groups excluding carboxylic acids is 1. The van der Waals surface area contributed by atoms with Gasteiger partial charge in [-0.25, -0.2) is 4.39 Å². The van der Waals surface area contributed by atoms with Crippen molar-refractivity contribution in [3.8, 4) is 0 Å². The van der Waals surface area contributed by atoms with Crippen molar-refractivity contribution in [3.63, 3.8) is 0 Å². The number of ketones is 1. The summed E-state index contributed by atoms with van der Waals surface area (Å²) in [5, 5.41) is 4.63. The highest BCUT2D eigenvalue weighted by atomic mass is 32.1. The van der Waals surface area contributed by atoms with Crippen molar-refractivity contribution in [1.29, 1.82) is 0 Å². The number of aromatic nitrogens is 2. The van der Waals surface area contributed by atoms with Crippen molar-refractivity contribution in [2.45, 2.75) is 37.1 Å². The van der Waals surface area contributed by atoms with E-state index in [1.807, 2.05) is 23.0 Å². The van der Waals surface area contributed by atoms with E-state index >= 15 is 0 Å². The fourth-order valence-corrected chi connectivity index (χ4v) is 4.25. The minimum atomic E-state index is -0.539. The molecule has 1 aromatic heterocycles. The average Bonchev–Trinajstić information content (AvgIpc) is 3.47. The SMILES string of the molecule is NCCn1ccc(C=C2CN(C(C(=O)C3CC3)c3ccccc3F)CCC2S)n1. The van der Waals surface area contributed by atoms with E-state index in [-0.39, 0.29) is 22.8 Å². The fraction of sp³-hybridized carbons (Fsp3) is 0.455. The molecule has 2 atom stereocenters. The quantitative estimate of drug-likeness (QED) is 0.684. The summed E-state index contributed by atoms with van der Waals surface area (Å²) < 4.78 is 16.4. The fourth-order valence-electron chi connectivity index (χ4n) is 3.97. The molecule has 2 unspecified atom stereocenters. The Hall–Kier alpha value is -1.96. The number of hydrogen-bond acceptors (Lipinski definition) is 5. The van der Waals surface area contributed by atoms with Crippen LogP contribution in [-0.2, 0) is 11.3 Å². The first-order valence-corrected chi connectivity index (χ1v) is 10.7. The molecule has 7 heteroatoms. The highest BCUT2D eigenvalue weighted by Gasteiger charge is 2.40. The van der Waals surface area contributed by atoms with Crippen LogP contribution in [0.4, 0.5) is 4.39 Å². The average molecular weight is 415 g/mol. The smallest absolute Gasteiger partial charge is 0.157 e. The van der Waals surface area contributed by atoms with Gasteiger partial charge < -0.3 is 5.73 Å². The van der Waals surface area contributed by atoms with Crippen LogP contribution in [0.3, 0.4) is 0 Å². The van der Waals surface area contributed by atoms with Crippen LogP contribution >= 0.6 is 12.6 Å². The zero-order chi connectivity index (χ0) is 20.4. The molecule has 0 radical (unpaired) electrons. The molecule has 1 aliphatic carbocycles. The molecule has 2 heterocycles. The van der Waals surface area contributed by atoms with Gasteiger partial charge in [0.2, 0.25) is 0 Å². The lowest BCUT2D eigenvalue weighted by Crippen LogP contribution is -2.42. The van der Waals surface area contributed by atoms with E-state index in [4.69, 9.17) is 18.4 Å². The zero-order valence-corrected chi connectivity index (χ0v) is 17.3. The minimum Gasteiger partial charge on any atom is -0.329 e. The summed E-state index contributed by atoms with van der Waals surface area (Å²) in [5.74, 6) is -0.113. The predicted octanol–water partition coefficient (Wildman–Crippen LogP) is 3.09. The second-order valence-electron chi connectivity index (χ2n) is 7.89. The van der Waals surface area contributed by atoms with E-state index in [0.29, 0.717) is 31.7 Å². The number of rotatable bonds is 7. The third kappa shape index (κ3) is 4.63. The topological polar surface area (TPSA) is 64.2 Å². The van der Waals surface area contributed by atoms with Gasteiger partial charge in [-0.05, 0) is 43.0 Å². The van der Waals surface area contributed by atoms with Gasteiger partial charge >= 0.3 is 0 Å². The summed E-state index contributed by atoms with van der Waals surface area (Å²) in [6.07, 6.45) is 6.58. The van der Waals surface area contributed by atoms with E-state index in [2.05, 4.69) is 10.00 Å². The number of likely N-dealkylation sites (tertiary alicyclic amines) is 1. The van der Waals surface area contributed by atoms with Gasteiger partial charge in [0, 0.05) is 42.6 Å². The third-order valence-corrected chi connectivity index (χ3v) is 6.26. The van der Waals surface area contributed by atoms with Gasteiger partial charge in [0.25, 0.3) is 0 Å². The lowest BCUT2D eigenvalue weighted by molar-refractivity contribution is -0.126. The van der Waals surface area contributed by atoms with E-state index in [0.717, 1.165) is 30.5 Å². The Morgan fingerprint density at radius 1 is 1.31 bits per heavy atom. The minimum absolute atomic E-state index is 0.0627. The summed E-state index contributed by atoms with van der Waals surface area (Å²) in [6.45, 7) is 2.50. The molecular weight excluding hydrogens is 387 g/mol. The Balaban J connectivity index is 1.60. The van der Waals surface area contributed by atoms with Gasteiger partial charge in [-0.15, -0.1) is 0 Å². The molecule has 2 aliphatic rings. The van der Waals surface area contributed by atoms with Crippen molar-refractivity contribution >= 4 is 24.5 Å². The largest absolute Gasteiger partial charge is 0.329 e. The van der Waals surface area contributed by atoms with Gasteiger partial charge in [0.15, 0.2) is 5.78 Å². The molecule has 154 valence electrons. The first-order chi connectivity index (χ1) is 14.1. The van der Waals surface area contributed by atoms with Gasteiger partial charge in [-0.1, -0.05) is 18.2 Å². The second kappa shape index (κ2) is 8.81. The first-order valence-electron chi connectivity index (χ1n) is 10.2. The molecule has 2 fully saturated rings. The number of carbonyl (C=O) groups is 1. The van der Waals surface area contributed by atoms with Crippen molar-refractivity contribution in [1.82, 2.24) is 14.7 Å². The van der Waals surface area contributed by atoms with E-state index in [1.54, 1.807) is 18.2 Å². The molecule has 4 rings (SSSR count). The number of thiol groups is 1. The Labute approximate surface area is 176 Å². The number of benzene rings is 1. The van der Waals surface area contributed by atoms with E-state index in [9.17, 15) is 9.18 Å². The summed E-state index contributed by atoms with van der Waals surface area (Å²) >= 11 is 4.75. The number of nitrogens with zero attached hydrogens (tertiary/aromatic N) is 3. The lowest BCUT2D eigenvalue weighted by atomic mass is 9.93. The maximum Gasteiger partial charge on any atom is 0.157 e. The van der Waals surface area contributed by atoms with E-state index in [1.165, 1.54) is 6.07 Å². The van der Waals surface area contributed by atoms with Gasteiger partial charge in [0.1, 0.15) is 5.82 Å². The monoisotopic (exact) mass is 414 g/mol. The van der Waals surface area contributed by atoms with Crippen LogP contribution in [0.5, 0.6) is 0 Å². The predicted molar refractivity (Wildman–Crippen MR) is 115 cm³/mol. The molecule has 29 heavy (non-hydrogen) atoms. The zero-order valence-electron chi connectivity index (χ0n) is 16.4. The molecule has 1 saturated heterocycles. The molecule has 1 saturated carbocycles. The number of Topliss-reactive ketones (excluding diaryl/α,β-unsaturated/α-hetero) is 1. The molecule has 0 amide bonds. The lowest BCUT2D eigenvalue weighted by Gasteiger charge is -2.37. The van der Waals surface area contributed by atoms with Crippen molar-refractivity contribution in [3.05, 3.63) is 59.2 Å². The molecular formula is C22H27FN4OS. The molecule has 2 aromatic rings. The molecule has 0 bridgehead atoms. The third-order valence-electron chi connectivity index (χ3n) is 5.67. The van der Waals surface area contributed by atoms with Crippen molar-refractivity contribution in [2.24, 2.45) is 11.7 Å². The molecule has 2 N–H and O–H groups in total. The summed E-state index contributed by atoms with van der Waals surface area (Å²) in [4.78, 5) is 15.2. The first kappa shape index (κ1) is 20.3. The van der Waals surface area contributed by atoms with Crippen LogP contribution in [0.15, 0.2) is 42.1 Å². The Morgan fingerprint density at radius 2 is 2.10 bits per heavy atom. The van der Waals surface area contributed by atoms with Crippen molar-refractivity contribution in [2.75, 3.05) is 19.6 Å². The van der Waals surface area contributed by atoms with Crippen LogP contribution in [0.2, 0.25) is 0 Å². The number of halogens is 1. The van der Waals surface area contributed by atoms with Crippen LogP contribution in [-0.4, -0.2) is 45.3 Å². The van der Waals surface area contributed by atoms with Crippen molar-refractivity contribution < 1.29 is 9.18 Å². The van der Waals surface area contributed by atoms with E-state index < -0.39 is 6.04 Å². The maximum atomic E-state index is 14.6. The van der Waals surface area contributed by atoms with Gasteiger partial charge in [-0.3, -0.25) is 14.4 Å². The summed E-state index contributed by atoms with van der Waals surface area (Å²) in [5.41, 5.74) is 8.03. The summed E-state index contributed by atoms with van der Waals surface area (Å²) in [7, 11) is 0. The van der Waals surface area contributed by atoms with Crippen LogP contribution in [0.25, 0.3) is 6.08 Å². The number of hydrogen-bond donors (Lipinski definition) is 2. The normalized spacial score (nSPS) is 22.7. The molecule has 5 nitrogen and oxygen atoms in total. The Kier molecular flexibility index (Phi) is 6.18. The second-order valence-corrected chi connectivity index (χ2v) is 8.51. The molecule has 1 aromatic carbocycles. The highest BCUT2D eigenvalue weighted by molar-refractivity contribution is 7.81. The highest BCUT2D eigenvalue weighted by Crippen LogP contribution is 2.39. The Morgan fingerprint density at radius 3 is 2.83 bits per heavy atom. The number of piperidine rings is 1. The van der Waals surface area contributed by atoms with Crippen LogP contribution in [0.1, 0.15) is 36.6 Å². The molecule has 1 aliphatic heterocycles. The maximum absolute atomic E-state index is 14.6. The van der Waals surface area contributed by atoms with Crippen LogP contribution < -0.4 is 5.73 Å². The van der Waals surface area contributed by atoms with Gasteiger partial charge in [-0.2, -0.15) is 17.7 Å². The standard InChI is InChI=1S/C22H27FN4OS/c23-19-4-2-1-3-18(19)21(22(28)15-5-6-15)26-10-8-20(29)16(14-26)13-17-7-11-27(25-17)12-9-24/h1-4,7,11,13,15,20-21,29H,5-6,8-10,12,14,24H2.